The standard InChI is InChI=1S/C19H25N5O6/c1-9(25)16(19(29)30)24-18(28)14(23-17(27)12(20)7-15(21)26)6-10-8-22-13-5-3-2-4-11(10)13/h2-5,8-9,12,14,16,22,25H,6-7,20H2,1H3,(H2,21,26)(H,23,27)(H,24,28)(H,29,30)/t9-,12+,14+,16+/m1/s1. The lowest BCUT2D eigenvalue weighted by atomic mass is 10.0. The Morgan fingerprint density at radius 2 is 1.80 bits per heavy atom. The Bertz CT molecular complexity index is 940. The molecule has 1 aromatic heterocycles. The van der Waals surface area contributed by atoms with Crippen molar-refractivity contribution in [1.29, 1.82) is 0 Å². The zero-order valence-electron chi connectivity index (χ0n) is 16.3. The number of benzene rings is 1. The zero-order valence-corrected chi connectivity index (χ0v) is 16.3. The van der Waals surface area contributed by atoms with Crippen molar-refractivity contribution in [3.8, 4) is 0 Å². The molecule has 0 radical (unpaired) electrons. The highest BCUT2D eigenvalue weighted by Gasteiger charge is 2.31. The number of aromatic nitrogens is 1. The SMILES string of the molecule is C[C@@H](O)[C@H](NC(=O)[C@H](Cc1c[nH]c2ccccc12)NC(=O)[C@@H](N)CC(N)=O)C(=O)O. The van der Waals surface area contributed by atoms with E-state index in [2.05, 4.69) is 15.6 Å². The van der Waals surface area contributed by atoms with Gasteiger partial charge in [-0.2, -0.15) is 0 Å². The van der Waals surface area contributed by atoms with Crippen LogP contribution in [0.5, 0.6) is 0 Å². The fourth-order valence-electron chi connectivity index (χ4n) is 2.96. The molecule has 0 saturated carbocycles. The van der Waals surface area contributed by atoms with Gasteiger partial charge in [-0.15, -0.1) is 0 Å². The van der Waals surface area contributed by atoms with E-state index in [-0.39, 0.29) is 6.42 Å². The van der Waals surface area contributed by atoms with Crippen molar-refractivity contribution >= 4 is 34.6 Å². The molecule has 2 rings (SSSR count). The summed E-state index contributed by atoms with van der Waals surface area (Å²) in [4.78, 5) is 50.5. The monoisotopic (exact) mass is 419 g/mol. The molecule has 0 saturated heterocycles. The number of hydrogen-bond donors (Lipinski definition) is 7. The first kappa shape index (κ1) is 22.8. The summed E-state index contributed by atoms with van der Waals surface area (Å²) in [5.41, 5.74) is 12.2. The molecule has 0 spiro atoms. The van der Waals surface area contributed by atoms with E-state index in [0.29, 0.717) is 5.56 Å². The normalized spacial score (nSPS) is 15.0. The fraction of sp³-hybridized carbons (Fsp3) is 0.368. The number of carboxylic acids is 1. The van der Waals surface area contributed by atoms with Gasteiger partial charge in [-0.3, -0.25) is 14.4 Å². The molecule has 1 heterocycles. The summed E-state index contributed by atoms with van der Waals surface area (Å²) >= 11 is 0. The van der Waals surface area contributed by atoms with Crippen molar-refractivity contribution in [1.82, 2.24) is 15.6 Å². The van der Waals surface area contributed by atoms with Crippen LogP contribution in [0, 0.1) is 0 Å². The quantitative estimate of drug-likeness (QED) is 0.239. The molecular formula is C19H25N5O6. The Balaban J connectivity index is 2.26. The summed E-state index contributed by atoms with van der Waals surface area (Å²) in [7, 11) is 0. The minimum Gasteiger partial charge on any atom is -0.480 e. The Labute approximate surface area is 171 Å². The predicted octanol–water partition coefficient (Wildman–Crippen LogP) is -1.65. The highest BCUT2D eigenvalue weighted by molar-refractivity contribution is 5.94. The number of nitrogens with one attached hydrogen (secondary N) is 3. The zero-order chi connectivity index (χ0) is 22.4. The number of hydrogen-bond acceptors (Lipinski definition) is 6. The van der Waals surface area contributed by atoms with Gasteiger partial charge < -0.3 is 37.3 Å². The lowest BCUT2D eigenvalue weighted by Crippen LogP contribution is -2.57. The number of carbonyl (C=O) groups excluding carboxylic acids is 3. The summed E-state index contributed by atoms with van der Waals surface area (Å²) < 4.78 is 0. The second-order valence-corrected chi connectivity index (χ2v) is 6.97. The van der Waals surface area contributed by atoms with Crippen molar-refractivity contribution < 1.29 is 29.4 Å². The molecule has 3 amide bonds. The summed E-state index contributed by atoms with van der Waals surface area (Å²) in [6, 6.07) is 3.25. The second kappa shape index (κ2) is 9.85. The number of fused-ring (bicyclic) bond motifs is 1. The summed E-state index contributed by atoms with van der Waals surface area (Å²) in [6.45, 7) is 1.22. The maximum Gasteiger partial charge on any atom is 0.328 e. The van der Waals surface area contributed by atoms with Gasteiger partial charge in [0.05, 0.1) is 18.6 Å². The average molecular weight is 419 g/mol. The maximum absolute atomic E-state index is 12.8. The van der Waals surface area contributed by atoms with E-state index in [9.17, 15) is 29.4 Å². The Hall–Kier alpha value is -3.44. The van der Waals surface area contributed by atoms with Crippen LogP contribution < -0.4 is 22.1 Å². The maximum atomic E-state index is 12.8. The van der Waals surface area contributed by atoms with E-state index in [1.807, 2.05) is 24.3 Å². The van der Waals surface area contributed by atoms with E-state index in [4.69, 9.17) is 11.5 Å². The van der Waals surface area contributed by atoms with Crippen LogP contribution in [0.4, 0.5) is 0 Å². The third-order valence-electron chi connectivity index (χ3n) is 4.54. The Kier molecular flexibility index (Phi) is 7.50. The molecule has 11 heteroatoms. The van der Waals surface area contributed by atoms with E-state index >= 15 is 0 Å². The van der Waals surface area contributed by atoms with Gasteiger partial charge in [0, 0.05) is 23.5 Å². The predicted molar refractivity (Wildman–Crippen MR) is 107 cm³/mol. The molecule has 2 aromatic rings. The summed E-state index contributed by atoms with van der Waals surface area (Å²) in [5, 5.41) is 24.3. The van der Waals surface area contributed by atoms with Crippen molar-refractivity contribution in [2.75, 3.05) is 0 Å². The van der Waals surface area contributed by atoms with Crippen LogP contribution >= 0.6 is 0 Å². The first-order valence-electron chi connectivity index (χ1n) is 9.20. The largest absolute Gasteiger partial charge is 0.480 e. The van der Waals surface area contributed by atoms with Gasteiger partial charge in [-0.25, -0.2) is 4.79 Å². The molecule has 0 aliphatic heterocycles. The number of H-pyrrole nitrogens is 1. The number of carbonyl (C=O) groups is 4. The molecule has 30 heavy (non-hydrogen) atoms. The highest BCUT2D eigenvalue weighted by atomic mass is 16.4. The molecule has 1 aromatic carbocycles. The molecule has 9 N–H and O–H groups in total. The molecule has 0 fully saturated rings. The molecule has 0 aliphatic carbocycles. The van der Waals surface area contributed by atoms with Crippen LogP contribution in [-0.4, -0.2) is 63.1 Å². The van der Waals surface area contributed by atoms with E-state index in [1.165, 1.54) is 6.92 Å². The van der Waals surface area contributed by atoms with Crippen LogP contribution in [-0.2, 0) is 25.6 Å². The number of primary amides is 1. The number of aliphatic carboxylic acids is 1. The average Bonchev–Trinajstić information content (AvgIpc) is 3.07. The molecule has 4 atom stereocenters. The van der Waals surface area contributed by atoms with Gasteiger partial charge in [-0.05, 0) is 18.6 Å². The lowest BCUT2D eigenvalue weighted by Gasteiger charge is -2.23. The molecule has 162 valence electrons. The Morgan fingerprint density at radius 3 is 2.40 bits per heavy atom. The van der Waals surface area contributed by atoms with E-state index < -0.39 is 54.3 Å². The van der Waals surface area contributed by atoms with Crippen molar-refractivity contribution in [2.45, 2.75) is 44.0 Å². The minimum atomic E-state index is -1.57. The van der Waals surface area contributed by atoms with Gasteiger partial charge in [-0.1, -0.05) is 18.2 Å². The van der Waals surface area contributed by atoms with Gasteiger partial charge >= 0.3 is 5.97 Å². The number of aliphatic hydroxyl groups excluding tert-OH is 1. The van der Waals surface area contributed by atoms with Crippen LogP contribution in [0.25, 0.3) is 10.9 Å². The van der Waals surface area contributed by atoms with Gasteiger partial charge in [0.25, 0.3) is 0 Å². The van der Waals surface area contributed by atoms with Gasteiger partial charge in [0.15, 0.2) is 6.04 Å². The first-order valence-corrected chi connectivity index (χ1v) is 9.20. The van der Waals surface area contributed by atoms with Gasteiger partial charge in [0.2, 0.25) is 17.7 Å². The summed E-state index contributed by atoms with van der Waals surface area (Å²) in [6.07, 6.45) is -0.104. The van der Waals surface area contributed by atoms with Crippen molar-refractivity contribution in [3.05, 3.63) is 36.0 Å². The molecule has 0 aliphatic rings. The number of aromatic amines is 1. The van der Waals surface area contributed by atoms with E-state index in [0.717, 1.165) is 10.9 Å². The van der Waals surface area contributed by atoms with Crippen LogP contribution in [0.3, 0.4) is 0 Å². The van der Waals surface area contributed by atoms with Crippen LogP contribution in [0.1, 0.15) is 18.9 Å². The van der Waals surface area contributed by atoms with E-state index in [1.54, 1.807) is 6.20 Å². The summed E-state index contributed by atoms with van der Waals surface area (Å²) in [5.74, 6) is -3.83. The minimum absolute atomic E-state index is 0.0109. The topological polar surface area (TPSA) is 201 Å². The third kappa shape index (κ3) is 5.78. The molecular weight excluding hydrogens is 394 g/mol. The van der Waals surface area contributed by atoms with Crippen LogP contribution in [0.2, 0.25) is 0 Å². The number of nitrogens with two attached hydrogens (primary N) is 2. The second-order valence-electron chi connectivity index (χ2n) is 6.97. The highest BCUT2D eigenvalue weighted by Crippen LogP contribution is 2.19. The molecule has 0 unspecified atom stereocenters. The number of para-hydroxylation sites is 1. The van der Waals surface area contributed by atoms with Crippen molar-refractivity contribution in [2.24, 2.45) is 11.5 Å². The number of amides is 3. The number of rotatable bonds is 10. The smallest absolute Gasteiger partial charge is 0.328 e. The fourth-order valence-corrected chi connectivity index (χ4v) is 2.96. The molecule has 0 bridgehead atoms. The van der Waals surface area contributed by atoms with Crippen molar-refractivity contribution in [3.63, 3.8) is 0 Å². The first-order chi connectivity index (χ1) is 14.1. The number of aliphatic hydroxyl groups is 1. The number of carboxylic acid groups (broad SMARTS) is 1. The lowest BCUT2D eigenvalue weighted by molar-refractivity contribution is -0.145. The molecule has 11 nitrogen and oxygen atoms in total. The van der Waals surface area contributed by atoms with Crippen LogP contribution in [0.15, 0.2) is 30.5 Å². The Morgan fingerprint density at radius 1 is 1.13 bits per heavy atom. The third-order valence-corrected chi connectivity index (χ3v) is 4.54. The van der Waals surface area contributed by atoms with Gasteiger partial charge in [0.1, 0.15) is 6.04 Å².